The van der Waals surface area contributed by atoms with Gasteiger partial charge in [-0.1, -0.05) is 5.21 Å². The van der Waals surface area contributed by atoms with E-state index < -0.39 is 0 Å². The maximum atomic E-state index is 4.96. The van der Waals surface area contributed by atoms with E-state index in [4.69, 9.17) is 4.42 Å². The van der Waals surface area contributed by atoms with Crippen molar-refractivity contribution in [1.29, 1.82) is 0 Å². The first-order valence-electron chi connectivity index (χ1n) is 4.41. The second kappa shape index (κ2) is 4.06. The van der Waals surface area contributed by atoms with Crippen molar-refractivity contribution >= 4 is 0 Å². The predicted molar refractivity (Wildman–Crippen MR) is 50.3 cm³/mol. The van der Waals surface area contributed by atoms with Crippen molar-refractivity contribution in [3.63, 3.8) is 0 Å². The third-order valence-corrected chi connectivity index (χ3v) is 2.02. The Morgan fingerprint density at radius 3 is 3.07 bits per heavy atom. The summed E-state index contributed by atoms with van der Waals surface area (Å²) in [5, 5.41) is 10.9. The molecule has 0 aliphatic heterocycles. The second-order valence-corrected chi connectivity index (χ2v) is 3.08. The monoisotopic (exact) mass is 192 g/mol. The Hall–Kier alpha value is -1.62. The van der Waals surface area contributed by atoms with Crippen LogP contribution in [0.25, 0.3) is 0 Å². The molecule has 0 saturated carbocycles. The molecule has 0 unspecified atom stereocenters. The van der Waals surface area contributed by atoms with Crippen LogP contribution < -0.4 is 5.32 Å². The van der Waals surface area contributed by atoms with Gasteiger partial charge in [-0.15, -0.1) is 5.10 Å². The van der Waals surface area contributed by atoms with Crippen LogP contribution in [0.15, 0.2) is 29.2 Å². The van der Waals surface area contributed by atoms with Crippen molar-refractivity contribution in [2.24, 2.45) is 7.05 Å². The van der Waals surface area contributed by atoms with E-state index in [0.29, 0.717) is 0 Å². The Labute approximate surface area is 81.7 Å². The first-order valence-corrected chi connectivity index (χ1v) is 4.41. The lowest BCUT2D eigenvalue weighted by Gasteiger charge is -2.01. The van der Waals surface area contributed by atoms with Gasteiger partial charge in [0.2, 0.25) is 0 Å². The quantitative estimate of drug-likeness (QED) is 0.774. The van der Waals surface area contributed by atoms with Gasteiger partial charge in [-0.2, -0.15) is 0 Å². The van der Waals surface area contributed by atoms with Crippen LogP contribution in [0.5, 0.6) is 0 Å². The van der Waals surface area contributed by atoms with Crippen LogP contribution in [0.3, 0.4) is 0 Å². The van der Waals surface area contributed by atoms with E-state index in [9.17, 15) is 0 Å². The molecular formula is C9H12N4O. The molecule has 2 heterocycles. The smallest absolute Gasteiger partial charge is 0.0947 e. The third-order valence-electron chi connectivity index (χ3n) is 2.02. The van der Waals surface area contributed by atoms with Crippen molar-refractivity contribution in [3.8, 4) is 0 Å². The zero-order valence-corrected chi connectivity index (χ0v) is 7.97. The lowest BCUT2D eigenvalue weighted by molar-refractivity contribution is 0.558. The number of nitrogens with one attached hydrogen (secondary N) is 1. The van der Waals surface area contributed by atoms with E-state index >= 15 is 0 Å². The van der Waals surface area contributed by atoms with E-state index in [1.165, 1.54) is 0 Å². The lowest BCUT2D eigenvalue weighted by atomic mass is 10.3. The highest BCUT2D eigenvalue weighted by Gasteiger charge is 1.99. The molecule has 2 aromatic rings. The van der Waals surface area contributed by atoms with Crippen LogP contribution in [-0.2, 0) is 20.1 Å². The van der Waals surface area contributed by atoms with Gasteiger partial charge in [0.05, 0.1) is 24.4 Å². The molecule has 0 bridgehead atoms. The molecule has 2 rings (SSSR count). The van der Waals surface area contributed by atoms with Crippen molar-refractivity contribution in [3.05, 3.63) is 36.0 Å². The molecular weight excluding hydrogens is 180 g/mol. The molecule has 0 fully saturated rings. The molecule has 0 aromatic carbocycles. The minimum atomic E-state index is 0.759. The summed E-state index contributed by atoms with van der Waals surface area (Å²) >= 11 is 0. The van der Waals surface area contributed by atoms with Crippen LogP contribution in [0.2, 0.25) is 0 Å². The summed E-state index contributed by atoms with van der Waals surface area (Å²) in [4.78, 5) is 0. The van der Waals surface area contributed by atoms with Crippen molar-refractivity contribution in [2.75, 3.05) is 0 Å². The van der Waals surface area contributed by atoms with Gasteiger partial charge in [0.25, 0.3) is 0 Å². The topological polar surface area (TPSA) is 55.9 Å². The standard InChI is InChI=1S/C9H12N4O/c1-13-9(6-11-12-13)5-10-4-8-2-3-14-7-8/h2-3,6-7,10H,4-5H2,1H3. The Balaban J connectivity index is 1.81. The summed E-state index contributed by atoms with van der Waals surface area (Å²) in [5.41, 5.74) is 2.20. The fourth-order valence-electron chi connectivity index (χ4n) is 1.20. The number of nitrogens with zero attached hydrogens (tertiary/aromatic N) is 3. The van der Waals surface area contributed by atoms with Crippen LogP contribution in [0, 0.1) is 0 Å². The molecule has 0 amide bonds. The average molecular weight is 192 g/mol. The summed E-state index contributed by atoms with van der Waals surface area (Å²) in [6.07, 6.45) is 5.15. The highest BCUT2D eigenvalue weighted by atomic mass is 16.3. The summed E-state index contributed by atoms with van der Waals surface area (Å²) in [5.74, 6) is 0. The zero-order valence-electron chi connectivity index (χ0n) is 7.97. The summed E-state index contributed by atoms with van der Waals surface area (Å²) in [6, 6.07) is 1.94. The molecule has 5 nitrogen and oxygen atoms in total. The van der Waals surface area contributed by atoms with E-state index in [2.05, 4.69) is 15.6 Å². The maximum absolute atomic E-state index is 4.96. The van der Waals surface area contributed by atoms with Crippen LogP contribution in [0.4, 0.5) is 0 Å². The van der Waals surface area contributed by atoms with Crippen molar-refractivity contribution in [2.45, 2.75) is 13.1 Å². The number of aromatic nitrogens is 3. The van der Waals surface area contributed by atoms with Crippen LogP contribution in [-0.4, -0.2) is 15.0 Å². The molecule has 14 heavy (non-hydrogen) atoms. The normalized spacial score (nSPS) is 10.6. The molecule has 1 N–H and O–H groups in total. The number of rotatable bonds is 4. The number of hydrogen-bond acceptors (Lipinski definition) is 4. The van der Waals surface area contributed by atoms with Gasteiger partial charge < -0.3 is 9.73 Å². The van der Waals surface area contributed by atoms with E-state index in [0.717, 1.165) is 24.3 Å². The Kier molecular flexibility index (Phi) is 2.60. The summed E-state index contributed by atoms with van der Waals surface area (Å²) in [7, 11) is 1.88. The number of furan rings is 1. The third kappa shape index (κ3) is 2.00. The Bertz CT molecular complexity index is 379. The van der Waals surface area contributed by atoms with Crippen LogP contribution in [0.1, 0.15) is 11.3 Å². The van der Waals surface area contributed by atoms with Gasteiger partial charge in [-0.05, 0) is 6.07 Å². The minimum Gasteiger partial charge on any atom is -0.472 e. The fourth-order valence-corrected chi connectivity index (χ4v) is 1.20. The van der Waals surface area contributed by atoms with Gasteiger partial charge in [-0.25, -0.2) is 0 Å². The molecule has 0 atom stereocenters. The van der Waals surface area contributed by atoms with Gasteiger partial charge in [-0.3, -0.25) is 4.68 Å². The second-order valence-electron chi connectivity index (χ2n) is 3.08. The molecule has 0 saturated heterocycles. The van der Waals surface area contributed by atoms with Gasteiger partial charge >= 0.3 is 0 Å². The average Bonchev–Trinajstić information content (AvgIpc) is 2.78. The van der Waals surface area contributed by atoms with E-state index in [1.54, 1.807) is 23.4 Å². The minimum absolute atomic E-state index is 0.759. The summed E-state index contributed by atoms with van der Waals surface area (Å²) < 4.78 is 6.71. The van der Waals surface area contributed by atoms with Gasteiger partial charge in [0.1, 0.15) is 0 Å². The zero-order chi connectivity index (χ0) is 9.80. The van der Waals surface area contributed by atoms with E-state index in [1.807, 2.05) is 13.1 Å². The molecule has 0 radical (unpaired) electrons. The maximum Gasteiger partial charge on any atom is 0.0947 e. The van der Waals surface area contributed by atoms with Crippen molar-refractivity contribution in [1.82, 2.24) is 20.3 Å². The first-order chi connectivity index (χ1) is 6.86. The number of aryl methyl sites for hydroxylation is 1. The molecule has 0 aliphatic carbocycles. The molecule has 74 valence electrons. The molecule has 5 heteroatoms. The predicted octanol–water partition coefficient (Wildman–Crippen LogP) is 0.698. The van der Waals surface area contributed by atoms with E-state index in [-0.39, 0.29) is 0 Å². The lowest BCUT2D eigenvalue weighted by Crippen LogP contribution is -2.14. The summed E-state index contributed by atoms with van der Waals surface area (Å²) in [6.45, 7) is 1.55. The fraction of sp³-hybridized carbons (Fsp3) is 0.333. The molecule has 0 aliphatic rings. The Morgan fingerprint density at radius 2 is 2.43 bits per heavy atom. The highest BCUT2D eigenvalue weighted by molar-refractivity contribution is 5.05. The van der Waals surface area contributed by atoms with Gasteiger partial charge in [0.15, 0.2) is 0 Å². The molecule has 0 spiro atoms. The van der Waals surface area contributed by atoms with Crippen LogP contribution >= 0.6 is 0 Å². The largest absolute Gasteiger partial charge is 0.472 e. The molecule has 2 aromatic heterocycles. The van der Waals surface area contributed by atoms with Gasteiger partial charge in [0, 0.05) is 25.7 Å². The number of hydrogen-bond donors (Lipinski definition) is 1. The van der Waals surface area contributed by atoms with Crippen molar-refractivity contribution < 1.29 is 4.42 Å². The Morgan fingerprint density at radius 1 is 1.50 bits per heavy atom. The highest BCUT2D eigenvalue weighted by Crippen LogP contribution is 1.99. The SMILES string of the molecule is Cn1nncc1CNCc1ccoc1. The first kappa shape index (κ1) is 8.96.